The molecule has 3 aromatic rings. The predicted molar refractivity (Wildman–Crippen MR) is 115 cm³/mol. The summed E-state index contributed by atoms with van der Waals surface area (Å²) in [5.41, 5.74) is 1.47. The number of aromatic nitrogens is 2. The van der Waals surface area contributed by atoms with Gasteiger partial charge in [-0.05, 0) is 30.7 Å². The van der Waals surface area contributed by atoms with Crippen LogP contribution in [0.3, 0.4) is 0 Å². The monoisotopic (exact) mass is 422 g/mol. The van der Waals surface area contributed by atoms with Crippen LogP contribution in [0.1, 0.15) is 22.7 Å². The Kier molecular flexibility index (Phi) is 6.47. The molecule has 2 aromatic carbocycles. The lowest BCUT2D eigenvalue weighted by atomic mass is 10.2. The Morgan fingerprint density at radius 2 is 1.87 bits per heavy atom. The molecule has 0 bridgehead atoms. The fraction of sp³-hybridized carbons (Fsp3) is 0.348. The molecule has 0 spiro atoms. The molecule has 4 rings (SSSR count). The molecule has 162 valence electrons. The van der Waals surface area contributed by atoms with E-state index in [1.54, 1.807) is 20.3 Å². The van der Waals surface area contributed by atoms with Crippen molar-refractivity contribution in [1.29, 1.82) is 0 Å². The number of carbonyl (C=O) groups excluding carboxylic acids is 1. The summed E-state index contributed by atoms with van der Waals surface area (Å²) in [6, 6.07) is 14.9. The number of ether oxygens (including phenoxy) is 2. The minimum absolute atomic E-state index is 0.0779. The molecule has 1 amide bonds. The van der Waals surface area contributed by atoms with Crippen LogP contribution < -0.4 is 9.47 Å². The molecule has 0 atom stereocenters. The van der Waals surface area contributed by atoms with Gasteiger partial charge in [0.2, 0.25) is 11.7 Å². The van der Waals surface area contributed by atoms with E-state index in [2.05, 4.69) is 15.0 Å². The first-order valence-electron chi connectivity index (χ1n) is 10.3. The van der Waals surface area contributed by atoms with Gasteiger partial charge >= 0.3 is 0 Å². The molecular formula is C23H26N4O4. The van der Waals surface area contributed by atoms with Gasteiger partial charge in [-0.3, -0.25) is 9.69 Å². The highest BCUT2D eigenvalue weighted by Gasteiger charge is 2.22. The van der Waals surface area contributed by atoms with Crippen LogP contribution in [0.25, 0.3) is 11.4 Å². The highest BCUT2D eigenvalue weighted by Crippen LogP contribution is 2.31. The van der Waals surface area contributed by atoms with Crippen molar-refractivity contribution >= 4 is 5.91 Å². The van der Waals surface area contributed by atoms with Crippen molar-refractivity contribution < 1.29 is 18.8 Å². The Morgan fingerprint density at radius 1 is 1.03 bits per heavy atom. The van der Waals surface area contributed by atoms with Gasteiger partial charge in [-0.1, -0.05) is 23.4 Å². The second-order valence-corrected chi connectivity index (χ2v) is 7.37. The third-order valence-corrected chi connectivity index (χ3v) is 5.37. The topological polar surface area (TPSA) is 80.9 Å². The molecule has 1 aromatic heterocycles. The van der Waals surface area contributed by atoms with Crippen molar-refractivity contribution in [3.8, 4) is 22.9 Å². The molecule has 1 aliphatic heterocycles. The van der Waals surface area contributed by atoms with Gasteiger partial charge in [0.1, 0.15) is 11.5 Å². The van der Waals surface area contributed by atoms with E-state index in [9.17, 15) is 4.79 Å². The van der Waals surface area contributed by atoms with Gasteiger partial charge in [-0.25, -0.2) is 0 Å². The molecule has 0 unspecified atom stereocenters. The van der Waals surface area contributed by atoms with Crippen LogP contribution in [0, 0.1) is 0 Å². The molecule has 0 N–H and O–H groups in total. The molecule has 0 radical (unpaired) electrons. The summed E-state index contributed by atoms with van der Waals surface area (Å²) in [5.74, 6) is 2.41. The van der Waals surface area contributed by atoms with Crippen LogP contribution in [0.5, 0.6) is 11.5 Å². The van der Waals surface area contributed by atoms with E-state index in [4.69, 9.17) is 14.0 Å². The Hall–Kier alpha value is -3.39. The predicted octanol–water partition coefficient (Wildman–Crippen LogP) is 3.10. The maximum absolute atomic E-state index is 12.7. The van der Waals surface area contributed by atoms with Crippen LogP contribution in [0.2, 0.25) is 0 Å². The van der Waals surface area contributed by atoms with E-state index in [0.717, 1.165) is 37.2 Å². The number of hydrogen-bond acceptors (Lipinski definition) is 7. The first-order valence-corrected chi connectivity index (χ1v) is 10.3. The molecule has 8 nitrogen and oxygen atoms in total. The van der Waals surface area contributed by atoms with Crippen molar-refractivity contribution in [2.75, 3.05) is 40.4 Å². The molecule has 8 heteroatoms. The van der Waals surface area contributed by atoms with Gasteiger partial charge in [-0.2, -0.15) is 4.98 Å². The zero-order valence-electron chi connectivity index (χ0n) is 17.8. The number of rotatable bonds is 6. The van der Waals surface area contributed by atoms with E-state index < -0.39 is 0 Å². The van der Waals surface area contributed by atoms with Crippen LogP contribution in [-0.4, -0.2) is 66.2 Å². The zero-order chi connectivity index (χ0) is 21.6. The van der Waals surface area contributed by atoms with Crippen molar-refractivity contribution in [3.63, 3.8) is 0 Å². The summed E-state index contributed by atoms with van der Waals surface area (Å²) >= 11 is 0. The van der Waals surface area contributed by atoms with Crippen LogP contribution in [0.4, 0.5) is 0 Å². The SMILES string of the molecule is COc1ccc(-c2noc(CN3CCCN(C(=O)c4ccccc4)CC3)n2)c(OC)c1. The molecular weight excluding hydrogens is 396 g/mol. The summed E-state index contributed by atoms with van der Waals surface area (Å²) < 4.78 is 16.2. The maximum Gasteiger partial charge on any atom is 0.253 e. The van der Waals surface area contributed by atoms with E-state index >= 15 is 0 Å². The van der Waals surface area contributed by atoms with Gasteiger partial charge in [0.05, 0.1) is 26.3 Å². The lowest BCUT2D eigenvalue weighted by molar-refractivity contribution is 0.0760. The van der Waals surface area contributed by atoms with Crippen molar-refractivity contribution in [2.45, 2.75) is 13.0 Å². The fourth-order valence-electron chi connectivity index (χ4n) is 3.70. The Bertz CT molecular complexity index is 1020. The smallest absolute Gasteiger partial charge is 0.253 e. The van der Waals surface area contributed by atoms with E-state index in [-0.39, 0.29) is 5.91 Å². The first-order chi connectivity index (χ1) is 15.2. The fourth-order valence-corrected chi connectivity index (χ4v) is 3.70. The molecule has 1 aliphatic rings. The highest BCUT2D eigenvalue weighted by atomic mass is 16.5. The molecule has 2 heterocycles. The highest BCUT2D eigenvalue weighted by molar-refractivity contribution is 5.94. The Labute approximate surface area is 181 Å². The van der Waals surface area contributed by atoms with Crippen molar-refractivity contribution in [2.24, 2.45) is 0 Å². The molecule has 0 saturated carbocycles. The number of nitrogens with zero attached hydrogens (tertiary/aromatic N) is 4. The lowest BCUT2D eigenvalue weighted by Crippen LogP contribution is -2.35. The molecule has 1 fully saturated rings. The third kappa shape index (κ3) is 4.86. The normalized spacial score (nSPS) is 14.8. The minimum Gasteiger partial charge on any atom is -0.497 e. The maximum atomic E-state index is 12.7. The Morgan fingerprint density at radius 3 is 2.65 bits per heavy atom. The number of methoxy groups -OCH3 is 2. The average Bonchev–Trinajstić information content (AvgIpc) is 3.16. The van der Waals surface area contributed by atoms with Crippen LogP contribution >= 0.6 is 0 Å². The average molecular weight is 422 g/mol. The third-order valence-electron chi connectivity index (χ3n) is 5.37. The molecule has 31 heavy (non-hydrogen) atoms. The lowest BCUT2D eigenvalue weighted by Gasteiger charge is -2.21. The van der Waals surface area contributed by atoms with E-state index in [1.807, 2.05) is 47.4 Å². The summed E-state index contributed by atoms with van der Waals surface area (Å²) in [6.45, 7) is 3.56. The number of amides is 1. The van der Waals surface area contributed by atoms with E-state index in [1.165, 1.54) is 0 Å². The largest absolute Gasteiger partial charge is 0.497 e. The van der Waals surface area contributed by atoms with Crippen molar-refractivity contribution in [3.05, 3.63) is 60.0 Å². The van der Waals surface area contributed by atoms with Gasteiger partial charge in [0.15, 0.2) is 0 Å². The quantitative estimate of drug-likeness (QED) is 0.604. The minimum atomic E-state index is 0.0779. The van der Waals surface area contributed by atoms with Crippen molar-refractivity contribution in [1.82, 2.24) is 19.9 Å². The zero-order valence-corrected chi connectivity index (χ0v) is 17.8. The number of carbonyl (C=O) groups is 1. The summed E-state index contributed by atoms with van der Waals surface area (Å²) in [7, 11) is 3.20. The van der Waals surface area contributed by atoms with Gasteiger partial charge in [0.25, 0.3) is 5.91 Å². The van der Waals surface area contributed by atoms with Gasteiger partial charge in [-0.15, -0.1) is 0 Å². The van der Waals surface area contributed by atoms with Crippen LogP contribution in [0.15, 0.2) is 53.1 Å². The first kappa shape index (κ1) is 20.9. The second kappa shape index (κ2) is 9.61. The summed E-state index contributed by atoms with van der Waals surface area (Å²) in [5, 5.41) is 4.12. The standard InChI is InChI=1S/C23H26N4O4/c1-29-18-9-10-19(20(15-18)30-2)22-24-21(31-25-22)16-26-11-6-12-27(14-13-26)23(28)17-7-4-3-5-8-17/h3-5,7-10,15H,6,11-14,16H2,1-2H3. The van der Waals surface area contributed by atoms with Crippen LogP contribution in [-0.2, 0) is 6.54 Å². The molecule has 1 saturated heterocycles. The van der Waals surface area contributed by atoms with Gasteiger partial charge < -0.3 is 18.9 Å². The summed E-state index contributed by atoms with van der Waals surface area (Å²) in [4.78, 5) is 21.4. The number of hydrogen-bond donors (Lipinski definition) is 0. The second-order valence-electron chi connectivity index (χ2n) is 7.37. The van der Waals surface area contributed by atoms with Gasteiger partial charge in [0, 0.05) is 37.8 Å². The van der Waals surface area contributed by atoms with E-state index in [0.29, 0.717) is 36.3 Å². The number of benzene rings is 2. The summed E-state index contributed by atoms with van der Waals surface area (Å²) in [6.07, 6.45) is 0.895. The Balaban J connectivity index is 1.40. The molecule has 0 aliphatic carbocycles.